The number of benzene rings is 7. The summed E-state index contributed by atoms with van der Waals surface area (Å²) in [6.45, 7) is 7.42. The van der Waals surface area contributed by atoms with E-state index in [2.05, 4.69) is 21.3 Å². The van der Waals surface area contributed by atoms with Crippen LogP contribution in [0.2, 0.25) is 0 Å². The standard InChI is InChI=1S/C58H58N8O6/c1-35-23-25-39-15-7-9-17-43(39)45(35)31-63-49-19-11-13-21-51(49)65(33-47(57(63)71)61-53(67)37(3)59-5)55(69)41-27-29-42(30-28-41)56(70)66-34-48(62-54(68)38(4)60-6)58(72)64(50-20-12-14-22-52(50)66)32-46-36(2)24-26-40-16-8-10-18-44(40)46/h7-30,37-38,47-48,59-60H,31-34H2,1-6H3,(H,61,67)(H,62,68)/t37-,38-,47-,48-/m0/s1. The zero-order chi connectivity index (χ0) is 50.8. The molecule has 0 aliphatic carbocycles. The monoisotopic (exact) mass is 962 g/mol. The van der Waals surface area contributed by atoms with Crippen LogP contribution in [0.5, 0.6) is 0 Å². The highest BCUT2D eigenvalue weighted by Gasteiger charge is 2.40. The summed E-state index contributed by atoms with van der Waals surface area (Å²) in [6, 6.07) is 41.3. The minimum atomic E-state index is -1.12. The smallest absolute Gasteiger partial charge is 0.258 e. The molecule has 0 radical (unpaired) electrons. The molecule has 6 amide bonds. The molecule has 0 saturated heterocycles. The molecule has 0 spiro atoms. The number of carbonyl (C=O) groups is 6. The van der Waals surface area contributed by atoms with Crippen LogP contribution < -0.4 is 40.9 Å². The Hall–Kier alpha value is -8.20. The van der Waals surface area contributed by atoms with E-state index in [9.17, 15) is 28.8 Å². The Morgan fingerprint density at radius 1 is 0.486 bits per heavy atom. The predicted molar refractivity (Wildman–Crippen MR) is 283 cm³/mol. The maximum absolute atomic E-state index is 15.0. The van der Waals surface area contributed by atoms with E-state index < -0.39 is 47.8 Å². The topological polar surface area (TPSA) is 164 Å². The molecule has 0 fully saturated rings. The van der Waals surface area contributed by atoms with Crippen LogP contribution in [0, 0.1) is 13.8 Å². The van der Waals surface area contributed by atoms with Crippen molar-refractivity contribution in [3.05, 3.63) is 179 Å². The summed E-state index contributed by atoms with van der Waals surface area (Å²) in [5, 5.41) is 15.8. The number of rotatable bonds is 12. The van der Waals surface area contributed by atoms with Gasteiger partial charge in [0.05, 0.1) is 61.0 Å². The molecule has 0 aromatic heterocycles. The average molecular weight is 963 g/mol. The average Bonchev–Trinajstić information content (AvgIpc) is 3.59. The first kappa shape index (κ1) is 48.8. The molecule has 4 N–H and O–H groups in total. The molecule has 4 atom stereocenters. The molecule has 2 aliphatic heterocycles. The van der Waals surface area contributed by atoms with Gasteiger partial charge >= 0.3 is 0 Å². The number of aryl methyl sites for hydroxylation is 2. The highest BCUT2D eigenvalue weighted by Crippen LogP contribution is 2.38. The van der Waals surface area contributed by atoms with Gasteiger partial charge in [0.1, 0.15) is 12.1 Å². The van der Waals surface area contributed by atoms with Gasteiger partial charge in [-0.15, -0.1) is 0 Å². The Balaban J connectivity index is 1.06. The normalized spacial score (nSPS) is 16.6. The summed E-state index contributed by atoms with van der Waals surface area (Å²) in [4.78, 5) is 93.1. The Bertz CT molecular complexity index is 3050. The number of hydrogen-bond donors (Lipinski definition) is 4. The molecule has 366 valence electrons. The Labute approximate surface area is 419 Å². The number of para-hydroxylation sites is 4. The van der Waals surface area contributed by atoms with Crippen LogP contribution in [0.15, 0.2) is 146 Å². The number of likely N-dealkylation sites (N-methyl/N-ethyl adjacent to an activating group) is 2. The van der Waals surface area contributed by atoms with E-state index in [1.165, 1.54) is 9.80 Å². The molecule has 14 heteroatoms. The van der Waals surface area contributed by atoms with Crippen molar-refractivity contribution in [1.82, 2.24) is 21.3 Å². The largest absolute Gasteiger partial charge is 0.341 e. The molecule has 0 bridgehead atoms. The minimum Gasteiger partial charge on any atom is -0.341 e. The number of fused-ring (bicyclic) bond motifs is 4. The van der Waals surface area contributed by atoms with Crippen LogP contribution >= 0.6 is 0 Å². The predicted octanol–water partition coefficient (Wildman–Crippen LogP) is 7.18. The van der Waals surface area contributed by atoms with Gasteiger partial charge in [-0.05, 0) is 134 Å². The number of nitrogens with zero attached hydrogens (tertiary/aromatic N) is 4. The third-order valence-electron chi connectivity index (χ3n) is 14.1. The summed E-state index contributed by atoms with van der Waals surface area (Å²) in [5.74, 6) is -2.46. The number of anilines is 4. The Kier molecular flexibility index (Phi) is 14.0. The molecule has 0 unspecified atom stereocenters. The van der Waals surface area contributed by atoms with Gasteiger partial charge in [0, 0.05) is 11.1 Å². The first-order chi connectivity index (χ1) is 34.8. The van der Waals surface area contributed by atoms with Crippen LogP contribution in [0.25, 0.3) is 21.5 Å². The van der Waals surface area contributed by atoms with E-state index in [1.54, 1.807) is 98.4 Å². The van der Waals surface area contributed by atoms with Gasteiger partial charge in [-0.1, -0.05) is 97.1 Å². The first-order valence-electron chi connectivity index (χ1n) is 24.2. The number of amides is 6. The van der Waals surface area contributed by atoms with E-state index in [0.717, 1.165) is 43.8 Å². The van der Waals surface area contributed by atoms with E-state index in [-0.39, 0.29) is 49.1 Å². The summed E-state index contributed by atoms with van der Waals surface area (Å²) in [5.41, 5.74) is 6.26. The van der Waals surface area contributed by atoms with Crippen molar-refractivity contribution in [3.8, 4) is 0 Å². The number of nitrogens with one attached hydrogen (secondary N) is 4. The zero-order valence-corrected chi connectivity index (χ0v) is 41.2. The van der Waals surface area contributed by atoms with Gasteiger partial charge in [0.2, 0.25) is 11.8 Å². The molecule has 9 rings (SSSR count). The van der Waals surface area contributed by atoms with Crippen LogP contribution in [-0.4, -0.2) is 86.8 Å². The summed E-state index contributed by atoms with van der Waals surface area (Å²) in [7, 11) is 3.31. The molecule has 7 aromatic rings. The fourth-order valence-electron chi connectivity index (χ4n) is 9.65. The molecule has 0 saturated carbocycles. The van der Waals surface area contributed by atoms with Gasteiger partial charge in [-0.25, -0.2) is 0 Å². The maximum Gasteiger partial charge on any atom is 0.258 e. The number of hydrogen-bond acceptors (Lipinski definition) is 8. The lowest BCUT2D eigenvalue weighted by molar-refractivity contribution is -0.128. The summed E-state index contributed by atoms with van der Waals surface area (Å²) in [6.07, 6.45) is 0. The van der Waals surface area contributed by atoms with Crippen LogP contribution in [0.4, 0.5) is 22.7 Å². The van der Waals surface area contributed by atoms with Crippen molar-refractivity contribution in [2.75, 3.05) is 46.8 Å². The van der Waals surface area contributed by atoms with Crippen LogP contribution in [0.3, 0.4) is 0 Å². The van der Waals surface area contributed by atoms with Crippen LogP contribution in [-0.2, 0) is 32.3 Å². The van der Waals surface area contributed by atoms with Gasteiger partial charge in [-0.2, -0.15) is 0 Å². The quantitative estimate of drug-likeness (QED) is 0.100. The first-order valence-corrected chi connectivity index (χ1v) is 24.2. The fraction of sp³-hybridized carbons (Fsp3) is 0.241. The second-order valence-electron chi connectivity index (χ2n) is 18.5. The highest BCUT2D eigenvalue weighted by atomic mass is 16.2. The summed E-state index contributed by atoms with van der Waals surface area (Å²) >= 11 is 0. The van der Waals surface area contributed by atoms with Crippen molar-refractivity contribution in [3.63, 3.8) is 0 Å². The third-order valence-corrected chi connectivity index (χ3v) is 14.1. The van der Waals surface area contributed by atoms with E-state index in [0.29, 0.717) is 22.7 Å². The van der Waals surface area contributed by atoms with E-state index in [4.69, 9.17) is 0 Å². The molecule has 14 nitrogen and oxygen atoms in total. The van der Waals surface area contributed by atoms with E-state index >= 15 is 0 Å². The molecule has 2 heterocycles. The molecular weight excluding hydrogens is 905 g/mol. The van der Waals surface area contributed by atoms with E-state index in [1.807, 2.05) is 98.8 Å². The van der Waals surface area contributed by atoms with Crippen LogP contribution in [0.1, 0.15) is 56.8 Å². The number of carbonyl (C=O) groups excluding carboxylic acids is 6. The molecule has 7 aromatic carbocycles. The van der Waals surface area contributed by atoms with Gasteiger partial charge in [0.15, 0.2) is 0 Å². The lowest BCUT2D eigenvalue weighted by Gasteiger charge is -2.27. The molecule has 72 heavy (non-hydrogen) atoms. The van der Waals surface area contributed by atoms with Gasteiger partial charge in [-0.3, -0.25) is 28.8 Å². The van der Waals surface area contributed by atoms with Crippen molar-refractivity contribution in [1.29, 1.82) is 0 Å². The Morgan fingerprint density at radius 2 is 0.833 bits per heavy atom. The Morgan fingerprint density at radius 3 is 1.21 bits per heavy atom. The second kappa shape index (κ2) is 20.6. The maximum atomic E-state index is 15.0. The lowest BCUT2D eigenvalue weighted by atomic mass is 9.99. The third kappa shape index (κ3) is 9.41. The summed E-state index contributed by atoms with van der Waals surface area (Å²) < 4.78 is 0. The molecule has 2 aliphatic rings. The molecular formula is C58H58N8O6. The van der Waals surface area contributed by atoms with Gasteiger partial charge in [0.25, 0.3) is 23.6 Å². The SMILES string of the molecule is CN[C@@H](C)C(=O)N[C@H]1CN(C(=O)c2ccc(C(=O)N3C[C@H](NC(=O)[C@H](C)NC)C(=O)N(Cc4c(C)ccc5ccccc45)c4ccccc43)cc2)c2ccccc2N(Cc2c(C)ccc3ccccc23)C1=O. The highest BCUT2D eigenvalue weighted by molar-refractivity contribution is 6.15. The van der Waals surface area contributed by atoms with Crippen molar-refractivity contribution < 1.29 is 28.8 Å². The van der Waals surface area contributed by atoms with Gasteiger partial charge < -0.3 is 40.9 Å². The second-order valence-corrected chi connectivity index (χ2v) is 18.5. The van der Waals surface area contributed by atoms with Crippen molar-refractivity contribution in [2.24, 2.45) is 0 Å². The minimum absolute atomic E-state index is 0.171. The fourth-order valence-corrected chi connectivity index (χ4v) is 9.65. The zero-order valence-electron chi connectivity index (χ0n) is 41.2. The van der Waals surface area contributed by atoms with Crippen molar-refractivity contribution in [2.45, 2.75) is 65.0 Å². The van der Waals surface area contributed by atoms with Crippen molar-refractivity contribution >= 4 is 79.7 Å². The lowest BCUT2D eigenvalue weighted by Crippen LogP contribution is -2.55.